The number of hydrogen-bond acceptors (Lipinski definition) is 3. The van der Waals surface area contributed by atoms with Crippen LogP contribution in [0.5, 0.6) is 5.75 Å². The highest BCUT2D eigenvalue weighted by Crippen LogP contribution is 2.27. The summed E-state index contributed by atoms with van der Waals surface area (Å²) in [6.45, 7) is 3.82. The lowest BCUT2D eigenvalue weighted by molar-refractivity contribution is -0.119. The van der Waals surface area contributed by atoms with E-state index >= 15 is 0 Å². The average molecular weight is 268 g/mol. The van der Waals surface area contributed by atoms with Gasteiger partial charge in [-0.25, -0.2) is 0 Å². The van der Waals surface area contributed by atoms with E-state index < -0.39 is 0 Å². The molecule has 4 heteroatoms. The summed E-state index contributed by atoms with van der Waals surface area (Å²) in [5.74, 6) is -0.178. The predicted molar refractivity (Wildman–Crippen MR) is 76.6 cm³/mol. The standard InChI is InChI=1S/C16H16N2O2/c1-16(2)9-12(13(10-17)15(20)18-16)8-7-11-5-3-4-6-14(11)19/h3-8,19H,9H2,1-2H3,(H,18,20)/b8-7+. The molecule has 0 bridgehead atoms. The fourth-order valence-electron chi connectivity index (χ4n) is 2.21. The van der Waals surface area contributed by atoms with Crippen molar-refractivity contribution in [3.05, 3.63) is 47.1 Å². The van der Waals surface area contributed by atoms with Gasteiger partial charge in [-0.1, -0.05) is 30.4 Å². The molecule has 0 fully saturated rings. The molecule has 0 spiro atoms. The van der Waals surface area contributed by atoms with Crippen molar-refractivity contribution < 1.29 is 9.90 Å². The van der Waals surface area contributed by atoms with Gasteiger partial charge >= 0.3 is 0 Å². The number of para-hydroxylation sites is 1. The molecular formula is C16H16N2O2. The molecule has 0 unspecified atom stereocenters. The largest absolute Gasteiger partial charge is 0.507 e. The number of carbonyl (C=O) groups is 1. The van der Waals surface area contributed by atoms with Crippen molar-refractivity contribution in [2.45, 2.75) is 25.8 Å². The summed E-state index contributed by atoms with van der Waals surface area (Å²) in [6, 6.07) is 8.87. The van der Waals surface area contributed by atoms with Crippen molar-refractivity contribution in [1.29, 1.82) is 5.26 Å². The van der Waals surface area contributed by atoms with Crippen LogP contribution in [0.25, 0.3) is 6.08 Å². The second-order valence-corrected chi connectivity index (χ2v) is 5.42. The van der Waals surface area contributed by atoms with E-state index in [1.54, 1.807) is 30.4 Å². The minimum Gasteiger partial charge on any atom is -0.507 e. The van der Waals surface area contributed by atoms with E-state index in [1.807, 2.05) is 26.0 Å². The van der Waals surface area contributed by atoms with Gasteiger partial charge in [0.2, 0.25) is 0 Å². The Kier molecular flexibility index (Phi) is 3.62. The number of benzene rings is 1. The number of carbonyl (C=O) groups excluding carboxylic acids is 1. The number of hydrogen-bond donors (Lipinski definition) is 2. The zero-order valence-electron chi connectivity index (χ0n) is 11.5. The monoisotopic (exact) mass is 268 g/mol. The first-order chi connectivity index (χ1) is 9.43. The van der Waals surface area contributed by atoms with Crippen LogP contribution in [-0.2, 0) is 4.79 Å². The minimum absolute atomic E-state index is 0.135. The number of nitrogens with zero attached hydrogens (tertiary/aromatic N) is 1. The quantitative estimate of drug-likeness (QED) is 0.865. The number of allylic oxidation sites excluding steroid dienone is 1. The summed E-state index contributed by atoms with van der Waals surface area (Å²) in [7, 11) is 0. The third kappa shape index (κ3) is 2.89. The first kappa shape index (κ1) is 13.9. The number of amides is 1. The molecule has 1 heterocycles. The maximum atomic E-state index is 11.9. The van der Waals surface area contributed by atoms with Gasteiger partial charge in [-0.05, 0) is 31.9 Å². The maximum absolute atomic E-state index is 11.9. The molecule has 0 saturated carbocycles. The van der Waals surface area contributed by atoms with E-state index in [0.717, 1.165) is 0 Å². The van der Waals surface area contributed by atoms with Gasteiger partial charge in [-0.15, -0.1) is 0 Å². The van der Waals surface area contributed by atoms with Crippen molar-refractivity contribution in [2.75, 3.05) is 0 Å². The Balaban J connectivity index is 2.38. The van der Waals surface area contributed by atoms with Gasteiger partial charge < -0.3 is 10.4 Å². The number of phenolic OH excluding ortho intramolecular Hbond substituents is 1. The molecule has 0 saturated heterocycles. The van der Waals surface area contributed by atoms with E-state index in [0.29, 0.717) is 17.6 Å². The molecular weight excluding hydrogens is 252 g/mol. The molecule has 4 nitrogen and oxygen atoms in total. The van der Waals surface area contributed by atoms with Crippen LogP contribution < -0.4 is 5.32 Å². The average Bonchev–Trinajstić information content (AvgIpc) is 2.36. The van der Waals surface area contributed by atoms with Gasteiger partial charge in [0.25, 0.3) is 5.91 Å². The molecule has 1 amide bonds. The molecule has 20 heavy (non-hydrogen) atoms. The van der Waals surface area contributed by atoms with Crippen LogP contribution in [-0.4, -0.2) is 16.6 Å². The molecule has 0 radical (unpaired) electrons. The molecule has 2 rings (SSSR count). The fourth-order valence-corrected chi connectivity index (χ4v) is 2.21. The Labute approximate surface area is 118 Å². The van der Waals surface area contributed by atoms with Crippen molar-refractivity contribution >= 4 is 12.0 Å². The topological polar surface area (TPSA) is 73.1 Å². The summed E-state index contributed by atoms with van der Waals surface area (Å²) in [5.41, 5.74) is 1.09. The van der Waals surface area contributed by atoms with E-state index in [9.17, 15) is 9.90 Å². The van der Waals surface area contributed by atoms with Crippen LogP contribution in [0.2, 0.25) is 0 Å². The van der Waals surface area contributed by atoms with Gasteiger partial charge in [0.1, 0.15) is 17.4 Å². The van der Waals surface area contributed by atoms with Gasteiger partial charge in [0.05, 0.1) is 0 Å². The zero-order chi connectivity index (χ0) is 14.8. The molecule has 0 aromatic heterocycles. The third-order valence-corrected chi connectivity index (χ3v) is 3.15. The lowest BCUT2D eigenvalue weighted by atomic mass is 9.87. The molecule has 1 aromatic carbocycles. The smallest absolute Gasteiger partial charge is 0.262 e. The number of phenols is 1. The summed E-state index contributed by atoms with van der Waals surface area (Å²) in [6.07, 6.45) is 4.02. The number of rotatable bonds is 2. The SMILES string of the molecule is CC1(C)CC(/C=C/c2ccccc2O)=C(C#N)C(=O)N1. The maximum Gasteiger partial charge on any atom is 0.262 e. The van der Waals surface area contributed by atoms with Gasteiger partial charge in [-0.2, -0.15) is 5.26 Å². The lowest BCUT2D eigenvalue weighted by Gasteiger charge is -2.31. The first-order valence-electron chi connectivity index (χ1n) is 6.35. The normalized spacial score (nSPS) is 17.9. The lowest BCUT2D eigenvalue weighted by Crippen LogP contribution is -2.47. The second kappa shape index (κ2) is 5.22. The van der Waals surface area contributed by atoms with Crippen molar-refractivity contribution in [3.8, 4) is 11.8 Å². The highest BCUT2D eigenvalue weighted by molar-refractivity contribution is 6.00. The molecule has 0 atom stereocenters. The van der Waals surface area contributed by atoms with Crippen LogP contribution in [0, 0.1) is 11.3 Å². The molecule has 0 aliphatic carbocycles. The second-order valence-electron chi connectivity index (χ2n) is 5.42. The van der Waals surface area contributed by atoms with E-state index in [1.165, 1.54) is 0 Å². The number of nitriles is 1. The molecule has 1 aliphatic rings. The van der Waals surface area contributed by atoms with Crippen LogP contribution in [0.1, 0.15) is 25.8 Å². The summed E-state index contributed by atoms with van der Waals surface area (Å²) < 4.78 is 0. The Bertz CT molecular complexity index is 649. The Hall–Kier alpha value is -2.54. The Morgan fingerprint density at radius 1 is 1.35 bits per heavy atom. The molecule has 1 aromatic rings. The summed E-state index contributed by atoms with van der Waals surface area (Å²) >= 11 is 0. The van der Waals surface area contributed by atoms with Gasteiger partial charge in [0, 0.05) is 11.1 Å². The van der Waals surface area contributed by atoms with Crippen LogP contribution >= 0.6 is 0 Å². The van der Waals surface area contributed by atoms with E-state index in [4.69, 9.17) is 5.26 Å². The third-order valence-electron chi connectivity index (χ3n) is 3.15. The first-order valence-corrected chi connectivity index (χ1v) is 6.35. The van der Waals surface area contributed by atoms with E-state index in [2.05, 4.69) is 5.32 Å². The van der Waals surface area contributed by atoms with Crippen LogP contribution in [0.3, 0.4) is 0 Å². The van der Waals surface area contributed by atoms with E-state index in [-0.39, 0.29) is 22.8 Å². The fraction of sp³-hybridized carbons (Fsp3) is 0.250. The van der Waals surface area contributed by atoms with Crippen molar-refractivity contribution in [2.24, 2.45) is 0 Å². The predicted octanol–water partition coefficient (Wildman–Crippen LogP) is 2.52. The number of aromatic hydroxyl groups is 1. The summed E-state index contributed by atoms with van der Waals surface area (Å²) in [5, 5.41) is 21.6. The highest BCUT2D eigenvalue weighted by Gasteiger charge is 2.30. The molecule has 102 valence electrons. The zero-order valence-corrected chi connectivity index (χ0v) is 11.5. The molecule has 2 N–H and O–H groups in total. The van der Waals surface area contributed by atoms with Crippen LogP contribution in [0.15, 0.2) is 41.5 Å². The van der Waals surface area contributed by atoms with Gasteiger partial charge in [0.15, 0.2) is 0 Å². The molecule has 1 aliphatic heterocycles. The van der Waals surface area contributed by atoms with Gasteiger partial charge in [-0.3, -0.25) is 4.79 Å². The minimum atomic E-state index is -0.379. The highest BCUT2D eigenvalue weighted by atomic mass is 16.3. The van der Waals surface area contributed by atoms with Crippen LogP contribution in [0.4, 0.5) is 0 Å². The Morgan fingerprint density at radius 2 is 2.05 bits per heavy atom. The van der Waals surface area contributed by atoms with Crippen molar-refractivity contribution in [3.63, 3.8) is 0 Å². The van der Waals surface area contributed by atoms with Crippen molar-refractivity contribution in [1.82, 2.24) is 5.32 Å². The summed E-state index contributed by atoms with van der Waals surface area (Å²) in [4.78, 5) is 11.9. The Morgan fingerprint density at radius 3 is 2.70 bits per heavy atom. The number of nitrogens with one attached hydrogen (secondary N) is 1.